The molecule has 2 unspecified atom stereocenters. The minimum Gasteiger partial charge on any atom is -0.466 e. The van der Waals surface area contributed by atoms with Gasteiger partial charge < -0.3 is 20.3 Å². The highest BCUT2D eigenvalue weighted by Gasteiger charge is 2.18. The van der Waals surface area contributed by atoms with Gasteiger partial charge in [0.2, 0.25) is 5.91 Å². The van der Waals surface area contributed by atoms with Crippen LogP contribution in [0.4, 0.5) is 0 Å². The molecule has 0 saturated carbocycles. The fraction of sp³-hybridized carbons (Fsp3) is 0.882. The van der Waals surface area contributed by atoms with Crippen molar-refractivity contribution < 1.29 is 24.5 Å². The van der Waals surface area contributed by atoms with E-state index in [0.717, 1.165) is 51.4 Å². The molecule has 0 rings (SSSR count). The van der Waals surface area contributed by atoms with Gasteiger partial charge in [0.15, 0.2) is 0 Å². The summed E-state index contributed by atoms with van der Waals surface area (Å²) in [6.07, 6.45) is 80.5. The van der Waals surface area contributed by atoms with Gasteiger partial charge in [-0.25, -0.2) is 0 Å². The van der Waals surface area contributed by atoms with Gasteiger partial charge in [-0.05, 0) is 83.5 Å². The molecule has 6 heteroatoms. The molecule has 6 nitrogen and oxygen atoms in total. The van der Waals surface area contributed by atoms with E-state index in [4.69, 9.17) is 4.74 Å². The van der Waals surface area contributed by atoms with E-state index in [-0.39, 0.29) is 18.5 Å². The van der Waals surface area contributed by atoms with Crippen molar-refractivity contribution in [1.29, 1.82) is 0 Å². The van der Waals surface area contributed by atoms with Crippen LogP contribution in [0.1, 0.15) is 361 Å². The zero-order valence-electron chi connectivity index (χ0n) is 49.8. The number of nitrogens with one attached hydrogen (secondary N) is 1. The second-order valence-corrected chi connectivity index (χ2v) is 22.8. The smallest absolute Gasteiger partial charge is 0.305 e. The molecule has 3 N–H and O–H groups in total. The molecule has 0 aromatic rings. The molecular weight excluding hydrogens is 911 g/mol. The number of amides is 1. The van der Waals surface area contributed by atoms with Gasteiger partial charge in [0, 0.05) is 12.8 Å². The number of esters is 1. The summed E-state index contributed by atoms with van der Waals surface area (Å²) in [7, 11) is 0. The number of carbonyl (C=O) groups excluding carboxylic acids is 2. The van der Waals surface area contributed by atoms with Crippen LogP contribution in [0.5, 0.6) is 0 Å². The van der Waals surface area contributed by atoms with E-state index in [0.29, 0.717) is 19.4 Å². The second-order valence-electron chi connectivity index (χ2n) is 22.8. The van der Waals surface area contributed by atoms with E-state index >= 15 is 0 Å². The zero-order valence-corrected chi connectivity index (χ0v) is 49.8. The van der Waals surface area contributed by atoms with Crippen LogP contribution >= 0.6 is 0 Å². The number of aliphatic hydroxyl groups excluding tert-OH is 2. The summed E-state index contributed by atoms with van der Waals surface area (Å²) in [6.45, 7) is 4.91. The van der Waals surface area contributed by atoms with Crippen molar-refractivity contribution in [3.8, 4) is 0 Å². The van der Waals surface area contributed by atoms with Crippen molar-refractivity contribution in [2.75, 3.05) is 13.2 Å². The Balaban J connectivity index is 3.46. The number of ether oxygens (including phenoxy) is 1. The first-order valence-electron chi connectivity index (χ1n) is 33.3. The normalized spacial score (nSPS) is 12.8. The van der Waals surface area contributed by atoms with Gasteiger partial charge in [0.25, 0.3) is 0 Å². The Hall–Kier alpha value is -1.92. The van der Waals surface area contributed by atoms with Crippen LogP contribution in [0.2, 0.25) is 0 Å². The molecule has 0 fully saturated rings. The lowest BCUT2D eigenvalue weighted by Crippen LogP contribution is -2.45. The standard InChI is InChI=1S/C68H129NO5/c1-3-5-7-9-11-13-15-17-19-20-21-22-24-27-30-33-36-40-44-48-52-56-60-66(71)65(64-70)69-67(72)61-57-53-49-45-41-37-34-31-28-25-23-26-29-32-35-39-43-47-51-55-59-63-74-68(73)62-58-54-50-46-42-38-18-16-14-12-10-8-6-4-2/h16,18,25,28,56,60,65-66,70-71H,3-15,17,19-24,26-27,29-55,57-59,61-64H2,1-2H3,(H,69,72)/b18-16-,28-25-,60-56+. The van der Waals surface area contributed by atoms with E-state index in [1.165, 1.54) is 283 Å². The molecule has 1 amide bonds. The molecule has 0 radical (unpaired) electrons. The predicted octanol–water partition coefficient (Wildman–Crippen LogP) is 21.1. The number of hydrogen-bond acceptors (Lipinski definition) is 5. The maximum atomic E-state index is 12.5. The summed E-state index contributed by atoms with van der Waals surface area (Å²) in [5, 5.41) is 23.2. The molecule has 436 valence electrons. The lowest BCUT2D eigenvalue weighted by Gasteiger charge is -2.20. The lowest BCUT2D eigenvalue weighted by molar-refractivity contribution is -0.143. The van der Waals surface area contributed by atoms with Gasteiger partial charge in [-0.1, -0.05) is 301 Å². The number of aliphatic hydroxyl groups is 2. The maximum absolute atomic E-state index is 12.5. The lowest BCUT2D eigenvalue weighted by atomic mass is 10.0. The predicted molar refractivity (Wildman–Crippen MR) is 324 cm³/mol. The molecule has 0 aromatic carbocycles. The summed E-state index contributed by atoms with van der Waals surface area (Å²) >= 11 is 0. The van der Waals surface area contributed by atoms with Gasteiger partial charge >= 0.3 is 5.97 Å². The maximum Gasteiger partial charge on any atom is 0.305 e. The largest absolute Gasteiger partial charge is 0.466 e. The number of hydrogen-bond donors (Lipinski definition) is 3. The number of rotatable bonds is 62. The van der Waals surface area contributed by atoms with Crippen LogP contribution in [0.25, 0.3) is 0 Å². The average Bonchev–Trinajstić information content (AvgIpc) is 3.40. The van der Waals surface area contributed by atoms with Gasteiger partial charge in [-0.3, -0.25) is 9.59 Å². The number of unbranched alkanes of at least 4 members (excludes halogenated alkanes) is 47. The molecule has 0 spiro atoms. The van der Waals surface area contributed by atoms with E-state index in [1.54, 1.807) is 6.08 Å². The topological polar surface area (TPSA) is 95.9 Å². The Labute approximate surface area is 462 Å². The van der Waals surface area contributed by atoms with E-state index in [1.807, 2.05) is 6.08 Å². The quantitative estimate of drug-likeness (QED) is 0.0320. The first-order chi connectivity index (χ1) is 36.5. The van der Waals surface area contributed by atoms with Crippen molar-refractivity contribution in [2.45, 2.75) is 373 Å². The third-order valence-corrected chi connectivity index (χ3v) is 15.4. The molecule has 0 bridgehead atoms. The fourth-order valence-corrected chi connectivity index (χ4v) is 10.3. The third-order valence-electron chi connectivity index (χ3n) is 15.4. The molecule has 0 aliphatic heterocycles. The SMILES string of the molecule is CCCCCCC/C=C\CCCCCCCC(=O)OCCCCCCCCCCCC/C=C\CCCCCCCCCC(=O)NC(CO)C(O)/C=C/CCCCCCCCCCCCCCCCCCCCCC. The first kappa shape index (κ1) is 72.1. The molecule has 74 heavy (non-hydrogen) atoms. The van der Waals surface area contributed by atoms with Crippen LogP contribution in [-0.2, 0) is 14.3 Å². The molecule has 2 atom stereocenters. The summed E-state index contributed by atoms with van der Waals surface area (Å²) < 4.78 is 5.48. The minimum atomic E-state index is -0.851. The van der Waals surface area contributed by atoms with Gasteiger partial charge in [-0.15, -0.1) is 0 Å². The van der Waals surface area contributed by atoms with E-state index in [2.05, 4.69) is 43.5 Å². The minimum absolute atomic E-state index is 0.000612. The number of allylic oxidation sites excluding steroid dienone is 5. The zero-order chi connectivity index (χ0) is 53.6. The van der Waals surface area contributed by atoms with E-state index in [9.17, 15) is 19.8 Å². The van der Waals surface area contributed by atoms with Crippen LogP contribution < -0.4 is 5.32 Å². The Morgan fingerprint density at radius 3 is 0.959 bits per heavy atom. The van der Waals surface area contributed by atoms with Crippen molar-refractivity contribution in [3.63, 3.8) is 0 Å². The summed E-state index contributed by atoms with van der Waals surface area (Å²) in [6, 6.07) is -0.635. The first-order valence-corrected chi connectivity index (χ1v) is 33.3. The Morgan fingerprint density at radius 2 is 0.635 bits per heavy atom. The van der Waals surface area contributed by atoms with Crippen molar-refractivity contribution >= 4 is 11.9 Å². The number of carbonyl (C=O) groups is 2. The second kappa shape index (κ2) is 63.6. The average molecular weight is 1040 g/mol. The summed E-state index contributed by atoms with van der Waals surface area (Å²) in [4.78, 5) is 24.6. The van der Waals surface area contributed by atoms with Crippen LogP contribution in [0.3, 0.4) is 0 Å². The molecule has 0 aromatic heterocycles. The Kier molecular flexibility index (Phi) is 62.0. The van der Waals surface area contributed by atoms with Crippen LogP contribution in [0.15, 0.2) is 36.5 Å². The van der Waals surface area contributed by atoms with Crippen molar-refractivity contribution in [2.24, 2.45) is 0 Å². The van der Waals surface area contributed by atoms with Gasteiger partial charge in [0.05, 0.1) is 25.4 Å². The molecular formula is C68H129NO5. The molecule has 0 heterocycles. The highest BCUT2D eigenvalue weighted by atomic mass is 16.5. The molecule has 0 saturated heterocycles. The molecule has 0 aliphatic carbocycles. The van der Waals surface area contributed by atoms with Crippen molar-refractivity contribution in [1.82, 2.24) is 5.32 Å². The van der Waals surface area contributed by atoms with Gasteiger partial charge in [-0.2, -0.15) is 0 Å². The Bertz CT molecular complexity index is 1200. The van der Waals surface area contributed by atoms with Crippen molar-refractivity contribution in [3.05, 3.63) is 36.5 Å². The summed E-state index contributed by atoms with van der Waals surface area (Å²) in [5.74, 6) is -0.0734. The Morgan fingerprint density at radius 1 is 0.365 bits per heavy atom. The van der Waals surface area contributed by atoms with Crippen LogP contribution in [0, 0.1) is 0 Å². The van der Waals surface area contributed by atoms with Gasteiger partial charge in [0.1, 0.15) is 0 Å². The monoisotopic (exact) mass is 1040 g/mol. The van der Waals surface area contributed by atoms with E-state index < -0.39 is 12.1 Å². The third kappa shape index (κ3) is 59.3. The highest BCUT2D eigenvalue weighted by Crippen LogP contribution is 2.18. The molecule has 0 aliphatic rings. The highest BCUT2D eigenvalue weighted by molar-refractivity contribution is 5.76. The van der Waals surface area contributed by atoms with Crippen LogP contribution in [-0.4, -0.2) is 47.4 Å². The summed E-state index contributed by atoms with van der Waals surface area (Å²) in [5.41, 5.74) is 0. The fourth-order valence-electron chi connectivity index (χ4n) is 10.3.